The monoisotopic (exact) mass is 169 g/mol. The molecule has 0 aromatic carbocycles. The first-order valence-corrected chi connectivity index (χ1v) is 5.21. The molecule has 1 saturated carbocycles. The topological polar surface area (TPSA) is 32.3 Å². The van der Waals surface area contributed by atoms with Gasteiger partial charge in [-0.05, 0) is 26.2 Å². The van der Waals surface area contributed by atoms with Crippen LogP contribution in [0, 0.1) is 5.92 Å². The van der Waals surface area contributed by atoms with Crippen molar-refractivity contribution < 1.29 is 5.11 Å². The van der Waals surface area contributed by atoms with Crippen molar-refractivity contribution in [1.29, 1.82) is 0 Å². The summed E-state index contributed by atoms with van der Waals surface area (Å²) in [5, 5.41) is 13.4. The number of rotatable bonds is 0. The summed E-state index contributed by atoms with van der Waals surface area (Å²) in [5.41, 5.74) is 0. The molecule has 2 fully saturated rings. The van der Waals surface area contributed by atoms with Crippen molar-refractivity contribution in [2.45, 2.75) is 57.2 Å². The van der Waals surface area contributed by atoms with Gasteiger partial charge in [-0.3, -0.25) is 0 Å². The van der Waals surface area contributed by atoms with Gasteiger partial charge in [0.2, 0.25) is 0 Å². The van der Waals surface area contributed by atoms with E-state index in [0.29, 0.717) is 18.0 Å². The molecular weight excluding hydrogens is 150 g/mol. The molecule has 2 aliphatic rings. The fraction of sp³-hybridized carbons (Fsp3) is 1.00. The van der Waals surface area contributed by atoms with E-state index >= 15 is 0 Å². The van der Waals surface area contributed by atoms with Gasteiger partial charge in [-0.1, -0.05) is 12.8 Å². The molecule has 4 atom stereocenters. The molecule has 2 rings (SSSR count). The number of aliphatic hydroxyl groups is 1. The third kappa shape index (κ3) is 1.50. The van der Waals surface area contributed by atoms with Crippen LogP contribution < -0.4 is 5.32 Å². The molecule has 2 N–H and O–H groups in total. The first kappa shape index (κ1) is 8.52. The van der Waals surface area contributed by atoms with Gasteiger partial charge in [-0.2, -0.15) is 0 Å². The summed E-state index contributed by atoms with van der Waals surface area (Å²) >= 11 is 0. The molecule has 0 unspecified atom stereocenters. The Hall–Kier alpha value is -0.0800. The molecule has 0 amide bonds. The predicted molar refractivity (Wildman–Crippen MR) is 49.0 cm³/mol. The van der Waals surface area contributed by atoms with Crippen LogP contribution >= 0.6 is 0 Å². The largest absolute Gasteiger partial charge is 0.393 e. The van der Waals surface area contributed by atoms with E-state index < -0.39 is 0 Å². The van der Waals surface area contributed by atoms with Gasteiger partial charge in [-0.25, -0.2) is 0 Å². The predicted octanol–water partition coefficient (Wildman–Crippen LogP) is 1.29. The lowest BCUT2D eigenvalue weighted by Crippen LogP contribution is -2.53. The van der Waals surface area contributed by atoms with Crippen molar-refractivity contribution in [3.05, 3.63) is 0 Å². The van der Waals surface area contributed by atoms with E-state index in [1.165, 1.54) is 25.7 Å². The Bertz CT molecular complexity index is 160. The average molecular weight is 169 g/mol. The molecule has 1 heterocycles. The first-order chi connectivity index (χ1) is 5.77. The molecule has 0 bridgehead atoms. The van der Waals surface area contributed by atoms with Crippen LogP contribution in [0.5, 0.6) is 0 Å². The van der Waals surface area contributed by atoms with Gasteiger partial charge >= 0.3 is 0 Å². The van der Waals surface area contributed by atoms with Crippen molar-refractivity contribution in [2.24, 2.45) is 5.92 Å². The molecule has 70 valence electrons. The summed E-state index contributed by atoms with van der Waals surface area (Å²) in [6.45, 7) is 2.17. The van der Waals surface area contributed by atoms with Gasteiger partial charge < -0.3 is 10.4 Å². The van der Waals surface area contributed by atoms with Gasteiger partial charge in [0.05, 0.1) is 6.10 Å². The summed E-state index contributed by atoms with van der Waals surface area (Å²) in [4.78, 5) is 0. The highest BCUT2D eigenvalue weighted by Crippen LogP contribution is 2.32. The average Bonchev–Trinajstić information content (AvgIpc) is 2.04. The van der Waals surface area contributed by atoms with Crippen LogP contribution in [0.4, 0.5) is 0 Å². The van der Waals surface area contributed by atoms with E-state index in [-0.39, 0.29) is 6.10 Å². The molecule has 0 aromatic rings. The van der Waals surface area contributed by atoms with Crippen molar-refractivity contribution in [2.75, 3.05) is 0 Å². The number of nitrogens with one attached hydrogen (secondary N) is 1. The van der Waals surface area contributed by atoms with Crippen molar-refractivity contribution in [1.82, 2.24) is 5.32 Å². The zero-order valence-corrected chi connectivity index (χ0v) is 7.79. The molecule has 1 saturated heterocycles. The van der Waals surface area contributed by atoms with E-state index in [0.717, 1.165) is 6.42 Å². The zero-order valence-electron chi connectivity index (χ0n) is 7.79. The number of hydrogen-bond acceptors (Lipinski definition) is 2. The summed E-state index contributed by atoms with van der Waals surface area (Å²) in [5.74, 6) is 0.551. The second kappa shape index (κ2) is 3.35. The Labute approximate surface area is 74.4 Å². The highest BCUT2D eigenvalue weighted by atomic mass is 16.3. The maximum absolute atomic E-state index is 9.83. The number of hydrogen-bond donors (Lipinski definition) is 2. The summed E-state index contributed by atoms with van der Waals surface area (Å²) < 4.78 is 0. The second-order valence-electron chi connectivity index (χ2n) is 4.43. The van der Waals surface area contributed by atoms with E-state index in [1.807, 2.05) is 0 Å². The molecule has 1 aliphatic carbocycles. The Balaban J connectivity index is 2.01. The van der Waals surface area contributed by atoms with E-state index in [9.17, 15) is 5.11 Å². The molecule has 0 spiro atoms. The maximum Gasteiger partial charge on any atom is 0.0598 e. The normalized spacial score (nSPS) is 48.5. The van der Waals surface area contributed by atoms with Gasteiger partial charge in [0.25, 0.3) is 0 Å². The molecular formula is C10H19NO. The minimum absolute atomic E-state index is 0.0356. The minimum Gasteiger partial charge on any atom is -0.393 e. The van der Waals surface area contributed by atoms with Crippen LogP contribution in [0.15, 0.2) is 0 Å². The third-order valence-corrected chi connectivity index (χ3v) is 3.41. The summed E-state index contributed by atoms with van der Waals surface area (Å²) in [6.07, 6.45) is 6.06. The van der Waals surface area contributed by atoms with Crippen molar-refractivity contribution >= 4 is 0 Å². The van der Waals surface area contributed by atoms with Crippen molar-refractivity contribution in [3.63, 3.8) is 0 Å². The molecule has 2 heteroatoms. The smallest absolute Gasteiger partial charge is 0.0598 e. The number of aliphatic hydroxyl groups excluding tert-OH is 1. The van der Waals surface area contributed by atoms with E-state index in [2.05, 4.69) is 12.2 Å². The Kier molecular flexibility index (Phi) is 2.37. The lowest BCUT2D eigenvalue weighted by atomic mass is 9.76. The first-order valence-electron chi connectivity index (χ1n) is 5.21. The van der Waals surface area contributed by atoms with Gasteiger partial charge in [0, 0.05) is 18.0 Å². The summed E-state index contributed by atoms with van der Waals surface area (Å²) in [6, 6.07) is 1.12. The Morgan fingerprint density at radius 2 is 2.00 bits per heavy atom. The van der Waals surface area contributed by atoms with E-state index in [1.54, 1.807) is 0 Å². The molecule has 0 radical (unpaired) electrons. The SMILES string of the molecule is C[C@H]1C[C@H](O)[C@@H]2CCCC[C@@H]2N1. The van der Waals surface area contributed by atoms with Crippen molar-refractivity contribution in [3.8, 4) is 0 Å². The molecule has 0 aromatic heterocycles. The quantitative estimate of drug-likeness (QED) is 0.572. The Morgan fingerprint density at radius 3 is 2.83 bits per heavy atom. The van der Waals surface area contributed by atoms with Gasteiger partial charge in [0.15, 0.2) is 0 Å². The fourth-order valence-electron chi connectivity index (χ4n) is 2.80. The molecule has 2 nitrogen and oxygen atoms in total. The van der Waals surface area contributed by atoms with E-state index in [4.69, 9.17) is 0 Å². The van der Waals surface area contributed by atoms with Crippen LogP contribution in [0.2, 0.25) is 0 Å². The third-order valence-electron chi connectivity index (χ3n) is 3.41. The van der Waals surface area contributed by atoms with Crippen LogP contribution in [0.25, 0.3) is 0 Å². The van der Waals surface area contributed by atoms with Crippen LogP contribution in [0.1, 0.15) is 39.0 Å². The molecule has 12 heavy (non-hydrogen) atoms. The number of piperidine rings is 1. The highest BCUT2D eigenvalue weighted by Gasteiger charge is 2.35. The lowest BCUT2D eigenvalue weighted by molar-refractivity contribution is 0.0163. The lowest BCUT2D eigenvalue weighted by Gasteiger charge is -2.42. The second-order valence-corrected chi connectivity index (χ2v) is 4.43. The maximum atomic E-state index is 9.83. The van der Waals surface area contributed by atoms with Gasteiger partial charge in [-0.15, -0.1) is 0 Å². The Morgan fingerprint density at radius 1 is 1.25 bits per heavy atom. The zero-order chi connectivity index (χ0) is 8.55. The standard InChI is InChI=1S/C10H19NO/c1-7-6-10(12)8-4-2-3-5-9(8)11-7/h7-12H,2-6H2,1H3/t7-,8+,9-,10-/m0/s1. The van der Waals surface area contributed by atoms with Crippen LogP contribution in [-0.2, 0) is 0 Å². The highest BCUT2D eigenvalue weighted by molar-refractivity contribution is 4.92. The van der Waals surface area contributed by atoms with Gasteiger partial charge in [0.1, 0.15) is 0 Å². The van der Waals surface area contributed by atoms with Crippen LogP contribution in [-0.4, -0.2) is 23.3 Å². The minimum atomic E-state index is -0.0356. The van der Waals surface area contributed by atoms with Crippen LogP contribution in [0.3, 0.4) is 0 Å². The fourth-order valence-corrected chi connectivity index (χ4v) is 2.80. The number of fused-ring (bicyclic) bond motifs is 1. The summed E-state index contributed by atoms with van der Waals surface area (Å²) in [7, 11) is 0. The molecule has 1 aliphatic heterocycles.